The molecular weight excluding hydrogens is 279 g/mol. The molecule has 7 nitrogen and oxygen atoms in total. The lowest BCUT2D eigenvalue weighted by atomic mass is 9.93. The Morgan fingerprint density at radius 1 is 1.57 bits per heavy atom. The van der Waals surface area contributed by atoms with Crippen molar-refractivity contribution in [1.29, 1.82) is 0 Å². The molecule has 3 heterocycles. The van der Waals surface area contributed by atoms with E-state index in [0.717, 1.165) is 0 Å². The highest BCUT2D eigenvalue weighted by Gasteiger charge is 2.55. The number of anilines is 1. The van der Waals surface area contributed by atoms with Crippen LogP contribution in [0.5, 0.6) is 0 Å². The lowest BCUT2D eigenvalue weighted by Crippen LogP contribution is -2.39. The summed E-state index contributed by atoms with van der Waals surface area (Å²) in [6.07, 6.45) is -1.70. The van der Waals surface area contributed by atoms with Crippen molar-refractivity contribution in [2.24, 2.45) is 0 Å². The number of rotatable bonds is 3. The predicted molar refractivity (Wildman–Crippen MR) is 72.4 cm³/mol. The molecule has 0 unspecified atom stereocenters. The van der Waals surface area contributed by atoms with Gasteiger partial charge in [-0.2, -0.15) is 5.10 Å². The van der Waals surface area contributed by atoms with Gasteiger partial charge in [-0.05, 0) is 19.1 Å². The first-order valence-corrected chi connectivity index (χ1v) is 6.56. The minimum Gasteiger partial charge on any atom is -0.387 e. The van der Waals surface area contributed by atoms with E-state index >= 15 is 0 Å². The zero-order chi connectivity index (χ0) is 15.2. The summed E-state index contributed by atoms with van der Waals surface area (Å²) in [5.41, 5.74) is 4.84. The Balaban J connectivity index is 2.04. The molecule has 0 radical (unpaired) electrons. The highest BCUT2D eigenvalue weighted by molar-refractivity contribution is 5.65. The van der Waals surface area contributed by atoms with E-state index in [0.29, 0.717) is 17.0 Å². The normalized spacial score (nSPS) is 32.9. The summed E-state index contributed by atoms with van der Waals surface area (Å²) in [4.78, 5) is 3.88. The summed E-state index contributed by atoms with van der Waals surface area (Å²) in [6.45, 7) is 1.42. The van der Waals surface area contributed by atoms with Crippen LogP contribution in [0.25, 0.3) is 5.52 Å². The molecule has 1 saturated heterocycles. The van der Waals surface area contributed by atoms with Gasteiger partial charge in [0.25, 0.3) is 0 Å². The molecule has 3 N–H and O–H groups in total. The Hall–Kier alpha value is -1.77. The molecule has 114 valence electrons. The van der Waals surface area contributed by atoms with Gasteiger partial charge in [0, 0.05) is 7.11 Å². The Labute approximate surface area is 120 Å². The van der Waals surface area contributed by atoms with Crippen LogP contribution in [0.3, 0.4) is 0 Å². The van der Waals surface area contributed by atoms with Crippen LogP contribution < -0.4 is 5.73 Å². The van der Waals surface area contributed by atoms with E-state index in [-0.39, 0.29) is 6.61 Å². The smallest absolute Gasteiger partial charge is 0.168 e. The number of hydrogen-bond donors (Lipinski definition) is 2. The van der Waals surface area contributed by atoms with Crippen molar-refractivity contribution in [1.82, 2.24) is 14.6 Å². The molecular formula is C13H17FN4O3. The lowest BCUT2D eigenvalue weighted by molar-refractivity contribution is -0.0354. The number of fused-ring (bicyclic) bond motifs is 1. The van der Waals surface area contributed by atoms with Crippen molar-refractivity contribution < 1.29 is 19.0 Å². The zero-order valence-electron chi connectivity index (χ0n) is 11.7. The summed E-state index contributed by atoms with van der Waals surface area (Å²) < 4.78 is 27.0. The van der Waals surface area contributed by atoms with Gasteiger partial charge in [-0.25, -0.2) is 13.9 Å². The van der Waals surface area contributed by atoms with Gasteiger partial charge >= 0.3 is 0 Å². The van der Waals surface area contributed by atoms with Gasteiger partial charge < -0.3 is 20.3 Å². The number of halogens is 1. The fraction of sp³-hybridized carbons (Fsp3) is 0.538. The van der Waals surface area contributed by atoms with Crippen molar-refractivity contribution >= 4 is 11.3 Å². The number of hydrogen-bond acceptors (Lipinski definition) is 6. The maximum atomic E-state index is 14.9. The van der Waals surface area contributed by atoms with Crippen LogP contribution >= 0.6 is 0 Å². The Morgan fingerprint density at radius 3 is 3.05 bits per heavy atom. The average Bonchev–Trinajstić information content (AvgIpc) is 2.95. The van der Waals surface area contributed by atoms with E-state index in [1.165, 1.54) is 24.9 Å². The Kier molecular flexibility index (Phi) is 3.31. The van der Waals surface area contributed by atoms with Crippen molar-refractivity contribution in [3.05, 3.63) is 24.2 Å². The number of nitrogen functional groups attached to an aromatic ring is 1. The summed E-state index contributed by atoms with van der Waals surface area (Å²) >= 11 is 0. The largest absolute Gasteiger partial charge is 0.387 e. The SMILES string of the molecule is COC[C@H]1O[C@@H](c2ccc3c(N)ncnn23)[C@](C)(F)[C@@H]1O. The average molecular weight is 296 g/mol. The summed E-state index contributed by atoms with van der Waals surface area (Å²) in [5, 5.41) is 14.2. The molecule has 0 spiro atoms. The quantitative estimate of drug-likeness (QED) is 0.856. The maximum absolute atomic E-state index is 14.9. The number of aliphatic hydroxyl groups excluding tert-OH is 1. The van der Waals surface area contributed by atoms with Gasteiger partial charge in [-0.3, -0.25) is 0 Å². The van der Waals surface area contributed by atoms with Crippen molar-refractivity contribution in [2.75, 3.05) is 19.5 Å². The van der Waals surface area contributed by atoms with Gasteiger partial charge in [-0.15, -0.1) is 0 Å². The Bertz CT molecular complexity index is 660. The molecule has 3 rings (SSSR count). The van der Waals surface area contributed by atoms with E-state index in [2.05, 4.69) is 10.1 Å². The first-order valence-electron chi connectivity index (χ1n) is 6.56. The molecule has 4 atom stereocenters. The monoisotopic (exact) mass is 296 g/mol. The second-order valence-electron chi connectivity index (χ2n) is 5.31. The first kappa shape index (κ1) is 14.2. The van der Waals surface area contributed by atoms with Crippen LogP contribution in [-0.4, -0.2) is 51.3 Å². The van der Waals surface area contributed by atoms with Gasteiger partial charge in [-0.1, -0.05) is 0 Å². The molecule has 21 heavy (non-hydrogen) atoms. The summed E-state index contributed by atoms with van der Waals surface area (Å²) in [5.74, 6) is 0.295. The molecule has 0 amide bonds. The van der Waals surface area contributed by atoms with E-state index in [9.17, 15) is 9.50 Å². The first-order chi connectivity index (χ1) is 9.96. The number of nitrogens with zero attached hydrogens (tertiary/aromatic N) is 3. The van der Waals surface area contributed by atoms with E-state index in [1.54, 1.807) is 12.1 Å². The topological polar surface area (TPSA) is 94.9 Å². The number of ether oxygens (including phenoxy) is 2. The predicted octanol–water partition coefficient (Wildman–Crippen LogP) is 0.487. The highest BCUT2D eigenvalue weighted by atomic mass is 19.1. The molecule has 1 aliphatic heterocycles. The molecule has 0 aliphatic carbocycles. The van der Waals surface area contributed by atoms with Crippen molar-refractivity contribution in [3.63, 3.8) is 0 Å². The van der Waals surface area contributed by atoms with Crippen molar-refractivity contribution in [3.8, 4) is 0 Å². The minimum absolute atomic E-state index is 0.109. The second kappa shape index (κ2) is 4.90. The molecule has 0 bridgehead atoms. The highest BCUT2D eigenvalue weighted by Crippen LogP contribution is 2.44. The third kappa shape index (κ3) is 2.06. The van der Waals surface area contributed by atoms with E-state index < -0.39 is 24.0 Å². The number of alkyl halides is 1. The molecule has 1 fully saturated rings. The second-order valence-corrected chi connectivity index (χ2v) is 5.31. The third-order valence-corrected chi connectivity index (χ3v) is 3.86. The third-order valence-electron chi connectivity index (χ3n) is 3.86. The Morgan fingerprint density at radius 2 is 2.33 bits per heavy atom. The van der Waals surface area contributed by atoms with Gasteiger partial charge in [0.15, 0.2) is 11.5 Å². The fourth-order valence-corrected chi connectivity index (χ4v) is 2.73. The number of aromatic nitrogens is 3. The lowest BCUT2D eigenvalue weighted by Gasteiger charge is -2.23. The fourth-order valence-electron chi connectivity index (χ4n) is 2.73. The number of methoxy groups -OCH3 is 1. The van der Waals surface area contributed by atoms with Gasteiger partial charge in [0.2, 0.25) is 0 Å². The van der Waals surface area contributed by atoms with Gasteiger partial charge in [0.05, 0.1) is 12.3 Å². The molecule has 2 aromatic heterocycles. The van der Waals surface area contributed by atoms with Gasteiger partial charge in [0.1, 0.15) is 30.2 Å². The zero-order valence-corrected chi connectivity index (χ0v) is 11.7. The molecule has 1 aliphatic rings. The maximum Gasteiger partial charge on any atom is 0.168 e. The summed E-state index contributed by atoms with van der Waals surface area (Å²) in [6, 6.07) is 3.37. The van der Waals surface area contributed by atoms with Crippen LogP contribution in [0.1, 0.15) is 18.7 Å². The van der Waals surface area contributed by atoms with Crippen LogP contribution in [-0.2, 0) is 9.47 Å². The van der Waals surface area contributed by atoms with Crippen LogP contribution in [0.15, 0.2) is 18.5 Å². The summed E-state index contributed by atoms with van der Waals surface area (Å²) in [7, 11) is 1.47. The molecule has 0 aromatic carbocycles. The number of nitrogens with two attached hydrogens (primary N) is 1. The van der Waals surface area contributed by atoms with E-state index in [1.807, 2.05) is 0 Å². The molecule has 0 saturated carbocycles. The molecule has 2 aromatic rings. The molecule has 8 heteroatoms. The van der Waals surface area contributed by atoms with Crippen LogP contribution in [0.4, 0.5) is 10.2 Å². The minimum atomic E-state index is -1.96. The van der Waals surface area contributed by atoms with Crippen LogP contribution in [0.2, 0.25) is 0 Å². The standard InChI is InChI=1S/C13H17FN4O3/c1-13(14)10(19)9(5-20-2)21-11(13)7-3-4-8-12(15)16-6-17-18(7)8/h3-4,6,9-11,19H,5H2,1-2H3,(H2,15,16,17)/t9-,10-,11+,13-/m1/s1. The van der Waals surface area contributed by atoms with Crippen LogP contribution in [0, 0.1) is 0 Å². The number of aliphatic hydroxyl groups is 1. The van der Waals surface area contributed by atoms with Crippen molar-refractivity contribution in [2.45, 2.75) is 30.9 Å². The van der Waals surface area contributed by atoms with E-state index in [4.69, 9.17) is 15.2 Å².